The highest BCUT2D eigenvalue weighted by Gasteiger charge is 2.21. The van der Waals surface area contributed by atoms with Crippen molar-refractivity contribution in [3.63, 3.8) is 0 Å². The van der Waals surface area contributed by atoms with Gasteiger partial charge in [0.05, 0.1) is 13.2 Å². The van der Waals surface area contributed by atoms with E-state index in [0.717, 1.165) is 39.9 Å². The molecule has 0 fully saturated rings. The van der Waals surface area contributed by atoms with E-state index in [1.165, 1.54) is 5.56 Å². The number of rotatable bonds is 12. The smallest absolute Gasteiger partial charge is 0.344 e. The minimum atomic E-state index is -0.407. The van der Waals surface area contributed by atoms with Crippen LogP contribution in [-0.2, 0) is 31.9 Å². The Morgan fingerprint density at radius 2 is 1.22 bits per heavy atom. The molecule has 3 aromatic rings. The van der Waals surface area contributed by atoms with E-state index in [4.69, 9.17) is 18.9 Å². The summed E-state index contributed by atoms with van der Waals surface area (Å²) in [5.74, 6) is 0.920. The molecule has 0 heterocycles. The molecule has 194 valence electrons. The van der Waals surface area contributed by atoms with Gasteiger partial charge in [0.1, 0.15) is 11.5 Å². The van der Waals surface area contributed by atoms with Crippen molar-refractivity contribution < 1.29 is 28.5 Å². The minimum Gasteiger partial charge on any atom is -0.481 e. The maximum absolute atomic E-state index is 12.4. The molecule has 0 aliphatic rings. The van der Waals surface area contributed by atoms with E-state index in [0.29, 0.717) is 24.7 Å². The van der Waals surface area contributed by atoms with Gasteiger partial charge in [-0.2, -0.15) is 0 Å². The number of hydrogen-bond donors (Lipinski definition) is 0. The fourth-order valence-electron chi connectivity index (χ4n) is 4.20. The van der Waals surface area contributed by atoms with Crippen LogP contribution in [0.1, 0.15) is 52.7 Å². The first-order valence-corrected chi connectivity index (χ1v) is 12.8. The molecule has 36 heavy (non-hydrogen) atoms. The maximum Gasteiger partial charge on any atom is 0.344 e. The van der Waals surface area contributed by atoms with Gasteiger partial charge < -0.3 is 18.9 Å². The molecule has 3 aromatic carbocycles. The lowest BCUT2D eigenvalue weighted by Crippen LogP contribution is -2.18. The Bertz CT molecular complexity index is 1210. The predicted molar refractivity (Wildman–Crippen MR) is 143 cm³/mol. The second-order valence-corrected chi connectivity index (χ2v) is 9.77. The van der Waals surface area contributed by atoms with E-state index in [1.54, 1.807) is 0 Å². The fraction of sp³-hybridized carbons (Fsp3) is 0.467. The Balaban J connectivity index is 2.11. The van der Waals surface area contributed by atoms with Gasteiger partial charge in [-0.15, -0.1) is 0 Å². The van der Waals surface area contributed by atoms with E-state index in [9.17, 15) is 9.59 Å². The molecule has 0 aliphatic carbocycles. The maximum atomic E-state index is 12.4. The second-order valence-electron chi connectivity index (χ2n) is 9.77. The Morgan fingerprint density at radius 3 is 1.72 bits per heavy atom. The van der Waals surface area contributed by atoms with Gasteiger partial charge in [-0.3, -0.25) is 0 Å². The van der Waals surface area contributed by atoms with Crippen LogP contribution in [0.4, 0.5) is 0 Å². The first-order chi connectivity index (χ1) is 17.3. The number of carbonyl (C=O) groups is 2. The summed E-state index contributed by atoms with van der Waals surface area (Å²) in [6, 6.07) is 11.8. The van der Waals surface area contributed by atoms with Crippen molar-refractivity contribution >= 4 is 33.5 Å². The number of benzene rings is 3. The first-order valence-electron chi connectivity index (χ1n) is 12.8. The number of aryl methyl sites for hydroxylation is 2. The van der Waals surface area contributed by atoms with Crippen LogP contribution in [0, 0.1) is 11.8 Å². The SMILES string of the molecule is CCc1ccc2c(OCC(=O)OCC(C)C)c3ccccc3c(OCC(=O)OCC(C)C)c2c1CC. The van der Waals surface area contributed by atoms with Crippen LogP contribution < -0.4 is 9.47 Å². The molecule has 0 N–H and O–H groups in total. The summed E-state index contributed by atoms with van der Waals surface area (Å²) in [5.41, 5.74) is 2.34. The molecule has 0 bridgehead atoms. The lowest BCUT2D eigenvalue weighted by atomic mass is 9.91. The van der Waals surface area contributed by atoms with Crippen LogP contribution in [0.5, 0.6) is 11.5 Å². The monoisotopic (exact) mass is 494 g/mol. The van der Waals surface area contributed by atoms with Crippen molar-refractivity contribution in [3.05, 3.63) is 47.5 Å². The highest BCUT2D eigenvalue weighted by Crippen LogP contribution is 2.45. The fourth-order valence-corrected chi connectivity index (χ4v) is 4.20. The molecule has 0 atom stereocenters. The highest BCUT2D eigenvalue weighted by molar-refractivity contribution is 6.12. The largest absolute Gasteiger partial charge is 0.481 e. The van der Waals surface area contributed by atoms with Crippen molar-refractivity contribution in [3.8, 4) is 11.5 Å². The van der Waals surface area contributed by atoms with Gasteiger partial charge in [0.25, 0.3) is 0 Å². The van der Waals surface area contributed by atoms with Crippen LogP contribution in [0.25, 0.3) is 21.5 Å². The molecule has 0 spiro atoms. The van der Waals surface area contributed by atoms with Crippen LogP contribution in [0.3, 0.4) is 0 Å². The normalized spacial score (nSPS) is 11.3. The van der Waals surface area contributed by atoms with E-state index in [1.807, 2.05) is 58.0 Å². The predicted octanol–water partition coefficient (Wildman–Crippen LogP) is 6.27. The third kappa shape index (κ3) is 6.48. The summed E-state index contributed by atoms with van der Waals surface area (Å²) < 4.78 is 23.0. The van der Waals surface area contributed by atoms with Gasteiger partial charge in [-0.05, 0) is 35.8 Å². The summed E-state index contributed by atoms with van der Waals surface area (Å²) in [4.78, 5) is 24.7. The average molecular weight is 495 g/mol. The zero-order chi connectivity index (χ0) is 26.2. The summed E-state index contributed by atoms with van der Waals surface area (Å²) in [6.45, 7) is 12.5. The van der Waals surface area contributed by atoms with Gasteiger partial charge >= 0.3 is 11.9 Å². The molecular formula is C30H38O6. The average Bonchev–Trinajstić information content (AvgIpc) is 2.87. The molecular weight excluding hydrogens is 456 g/mol. The zero-order valence-electron chi connectivity index (χ0n) is 22.3. The Kier molecular flexibility index (Phi) is 9.57. The molecule has 3 rings (SSSR count). The first kappa shape index (κ1) is 27.3. The van der Waals surface area contributed by atoms with Gasteiger partial charge in [0.15, 0.2) is 13.2 Å². The van der Waals surface area contributed by atoms with Crippen LogP contribution in [-0.4, -0.2) is 38.4 Å². The lowest BCUT2D eigenvalue weighted by molar-refractivity contribution is -0.147. The van der Waals surface area contributed by atoms with Gasteiger partial charge in [-0.25, -0.2) is 9.59 Å². The van der Waals surface area contributed by atoms with E-state index < -0.39 is 11.9 Å². The van der Waals surface area contributed by atoms with E-state index in [2.05, 4.69) is 19.9 Å². The third-order valence-electron chi connectivity index (χ3n) is 5.86. The highest BCUT2D eigenvalue weighted by atomic mass is 16.6. The summed E-state index contributed by atoms with van der Waals surface area (Å²) in [7, 11) is 0. The summed E-state index contributed by atoms with van der Waals surface area (Å²) in [6.07, 6.45) is 1.64. The van der Waals surface area contributed by atoms with E-state index in [-0.39, 0.29) is 25.0 Å². The molecule has 0 saturated heterocycles. The Labute approximate surface area is 213 Å². The van der Waals surface area contributed by atoms with Crippen LogP contribution in [0.2, 0.25) is 0 Å². The summed E-state index contributed by atoms with van der Waals surface area (Å²) >= 11 is 0. The molecule has 0 aromatic heterocycles. The standard InChI is InChI=1S/C30H38O6/c1-7-21-13-14-25-28(22(21)8-2)30(36-18-27(32)34-16-20(5)6)24-12-10-9-11-23(24)29(25)35-17-26(31)33-15-19(3)4/h9-14,19-20H,7-8,15-18H2,1-6H3. The Hall–Kier alpha value is -3.28. The molecule has 6 heteroatoms. The topological polar surface area (TPSA) is 71.1 Å². The number of carbonyl (C=O) groups excluding carboxylic acids is 2. The van der Waals surface area contributed by atoms with Crippen molar-refractivity contribution in [2.24, 2.45) is 11.8 Å². The van der Waals surface area contributed by atoms with E-state index >= 15 is 0 Å². The second kappa shape index (κ2) is 12.6. The van der Waals surface area contributed by atoms with Crippen molar-refractivity contribution in [1.29, 1.82) is 0 Å². The molecule has 6 nitrogen and oxygen atoms in total. The van der Waals surface area contributed by atoms with Gasteiger partial charge in [-0.1, -0.05) is 77.9 Å². The van der Waals surface area contributed by atoms with Crippen LogP contribution >= 0.6 is 0 Å². The molecule has 0 unspecified atom stereocenters. The lowest BCUT2D eigenvalue weighted by Gasteiger charge is -2.21. The number of hydrogen-bond acceptors (Lipinski definition) is 6. The number of esters is 2. The van der Waals surface area contributed by atoms with Crippen molar-refractivity contribution in [2.75, 3.05) is 26.4 Å². The Morgan fingerprint density at radius 1 is 0.694 bits per heavy atom. The minimum absolute atomic E-state index is 0.187. The molecule has 0 aliphatic heterocycles. The van der Waals surface area contributed by atoms with Gasteiger partial charge in [0, 0.05) is 21.5 Å². The molecule has 0 amide bonds. The molecule has 0 saturated carbocycles. The van der Waals surface area contributed by atoms with Crippen LogP contribution in [0.15, 0.2) is 36.4 Å². The number of ether oxygens (including phenoxy) is 4. The van der Waals surface area contributed by atoms with Gasteiger partial charge in [0.2, 0.25) is 0 Å². The zero-order valence-corrected chi connectivity index (χ0v) is 22.3. The number of fused-ring (bicyclic) bond motifs is 2. The quantitative estimate of drug-likeness (QED) is 0.218. The molecule has 0 radical (unpaired) electrons. The summed E-state index contributed by atoms with van der Waals surface area (Å²) in [5, 5.41) is 3.36. The van der Waals surface area contributed by atoms with Crippen molar-refractivity contribution in [1.82, 2.24) is 0 Å². The van der Waals surface area contributed by atoms with Crippen molar-refractivity contribution in [2.45, 2.75) is 54.4 Å². The third-order valence-corrected chi connectivity index (χ3v) is 5.86.